The van der Waals surface area contributed by atoms with Crippen LogP contribution in [0.1, 0.15) is 30.4 Å². The third-order valence-electron chi connectivity index (χ3n) is 5.39. The van der Waals surface area contributed by atoms with Crippen LogP contribution >= 0.6 is 0 Å². The fourth-order valence-corrected chi connectivity index (χ4v) is 3.80. The summed E-state index contributed by atoms with van der Waals surface area (Å²) in [5, 5.41) is 2.82. The van der Waals surface area contributed by atoms with Gasteiger partial charge in [-0.1, -0.05) is 6.07 Å². The van der Waals surface area contributed by atoms with E-state index in [4.69, 9.17) is 4.74 Å². The number of nitrogens with zero attached hydrogens (tertiary/aromatic N) is 2. The zero-order chi connectivity index (χ0) is 21.3. The van der Waals surface area contributed by atoms with Crippen LogP contribution in [0, 0.1) is 5.92 Å². The number of piperidine rings is 1. The van der Waals surface area contributed by atoms with E-state index in [1.165, 1.54) is 6.20 Å². The van der Waals surface area contributed by atoms with Crippen LogP contribution in [-0.4, -0.2) is 29.9 Å². The van der Waals surface area contributed by atoms with Gasteiger partial charge in [0.05, 0.1) is 12.0 Å². The van der Waals surface area contributed by atoms with Gasteiger partial charge >= 0.3 is 12.1 Å². The van der Waals surface area contributed by atoms with E-state index in [0.29, 0.717) is 49.6 Å². The first-order valence-electron chi connectivity index (χ1n) is 9.69. The number of alkyl halides is 3. The Bertz CT molecular complexity index is 969. The number of carbonyl (C=O) groups excluding carboxylic acids is 2. The van der Waals surface area contributed by atoms with Crippen LogP contribution in [0.4, 0.5) is 24.7 Å². The van der Waals surface area contributed by atoms with Crippen LogP contribution in [0.5, 0.6) is 5.75 Å². The number of amides is 1. The van der Waals surface area contributed by atoms with Gasteiger partial charge in [0.2, 0.25) is 5.91 Å². The number of anilines is 2. The zero-order valence-corrected chi connectivity index (χ0v) is 16.0. The molecule has 30 heavy (non-hydrogen) atoms. The lowest BCUT2D eigenvalue weighted by molar-refractivity contribution is -0.137. The highest BCUT2D eigenvalue weighted by Crippen LogP contribution is 2.32. The third kappa shape index (κ3) is 4.55. The molecule has 0 spiro atoms. The Balaban J connectivity index is 1.29. The van der Waals surface area contributed by atoms with Gasteiger partial charge in [0.1, 0.15) is 11.6 Å². The molecule has 1 amide bonds. The Morgan fingerprint density at radius 2 is 1.97 bits per heavy atom. The molecule has 6 nitrogen and oxygen atoms in total. The predicted octanol–water partition coefficient (Wildman–Crippen LogP) is 3.81. The lowest BCUT2D eigenvalue weighted by Crippen LogP contribution is -2.35. The van der Waals surface area contributed by atoms with Gasteiger partial charge in [0, 0.05) is 43.0 Å². The average molecular weight is 419 g/mol. The van der Waals surface area contributed by atoms with Gasteiger partial charge in [-0.25, -0.2) is 4.98 Å². The van der Waals surface area contributed by atoms with E-state index in [1.54, 1.807) is 18.2 Å². The molecule has 4 rings (SSSR count). The van der Waals surface area contributed by atoms with Gasteiger partial charge in [0.15, 0.2) is 0 Å². The molecule has 3 heterocycles. The van der Waals surface area contributed by atoms with Gasteiger partial charge in [0.25, 0.3) is 0 Å². The van der Waals surface area contributed by atoms with Crippen LogP contribution in [-0.2, 0) is 22.2 Å². The predicted molar refractivity (Wildman–Crippen MR) is 103 cm³/mol. The van der Waals surface area contributed by atoms with Crippen molar-refractivity contribution in [2.45, 2.75) is 31.9 Å². The molecule has 0 saturated carbocycles. The van der Waals surface area contributed by atoms with Crippen molar-refractivity contribution >= 4 is 23.4 Å². The maximum Gasteiger partial charge on any atom is 0.416 e. The van der Waals surface area contributed by atoms with Crippen LogP contribution in [0.3, 0.4) is 0 Å². The largest absolute Gasteiger partial charge is 0.426 e. The number of fused-ring (bicyclic) bond motifs is 1. The lowest BCUT2D eigenvalue weighted by atomic mass is 9.93. The first-order valence-corrected chi connectivity index (χ1v) is 9.69. The van der Waals surface area contributed by atoms with Crippen molar-refractivity contribution < 1.29 is 27.5 Å². The maximum atomic E-state index is 12.9. The summed E-state index contributed by atoms with van der Waals surface area (Å²) in [6.45, 7) is 1.09. The number of rotatable bonds is 4. The van der Waals surface area contributed by atoms with E-state index in [9.17, 15) is 22.8 Å². The highest BCUT2D eigenvalue weighted by molar-refractivity contribution is 5.92. The fourth-order valence-electron chi connectivity index (χ4n) is 3.80. The molecule has 1 saturated heterocycles. The molecule has 0 unspecified atom stereocenters. The zero-order valence-electron chi connectivity index (χ0n) is 16.0. The SMILES string of the molecule is O=C(CC1CCN(c2cc(C(F)(F)F)ccn2)CC1)Nc1ccc2c(c1)OC(=O)C2. The number of carbonyl (C=O) groups is 2. The number of hydrogen-bond acceptors (Lipinski definition) is 5. The molecule has 158 valence electrons. The molecule has 9 heteroatoms. The molecular formula is C21H20F3N3O3. The van der Waals surface area contributed by atoms with Crippen molar-refractivity contribution in [2.75, 3.05) is 23.3 Å². The number of hydrogen-bond donors (Lipinski definition) is 1. The monoisotopic (exact) mass is 419 g/mol. The van der Waals surface area contributed by atoms with Gasteiger partial charge in [-0.15, -0.1) is 0 Å². The molecular weight excluding hydrogens is 399 g/mol. The number of halogens is 3. The Labute approximate surface area is 171 Å². The normalized spacial score (nSPS) is 16.9. The van der Waals surface area contributed by atoms with Crippen molar-refractivity contribution in [2.24, 2.45) is 5.92 Å². The molecule has 1 aromatic carbocycles. The summed E-state index contributed by atoms with van der Waals surface area (Å²) in [5.74, 6) is 0.463. The van der Waals surface area contributed by atoms with Crippen LogP contribution in [0.2, 0.25) is 0 Å². The molecule has 0 atom stereocenters. The second kappa shape index (κ2) is 7.97. The molecule has 2 aliphatic heterocycles. The summed E-state index contributed by atoms with van der Waals surface area (Å²) in [6, 6.07) is 7.16. The van der Waals surface area contributed by atoms with Crippen molar-refractivity contribution in [1.82, 2.24) is 4.98 Å². The topological polar surface area (TPSA) is 71.5 Å². The summed E-state index contributed by atoms with van der Waals surface area (Å²) < 4.78 is 43.8. The molecule has 1 fully saturated rings. The molecule has 1 N–H and O–H groups in total. The standard InChI is InChI=1S/C21H20F3N3O3/c22-21(23,24)15-3-6-25-18(11-15)27-7-4-13(5-8-27)9-19(28)26-16-2-1-14-10-20(29)30-17(14)12-16/h1-3,6,11-13H,4-5,7-10H2,(H,26,28). The Morgan fingerprint density at radius 3 is 2.70 bits per heavy atom. The number of pyridine rings is 1. The van der Waals surface area contributed by atoms with Gasteiger partial charge < -0.3 is 15.0 Å². The first-order chi connectivity index (χ1) is 14.3. The number of ether oxygens (including phenoxy) is 1. The maximum absolute atomic E-state index is 12.9. The van der Waals surface area contributed by atoms with E-state index in [-0.39, 0.29) is 24.2 Å². The average Bonchev–Trinajstić information content (AvgIpc) is 3.07. The van der Waals surface area contributed by atoms with Crippen LogP contribution < -0.4 is 15.0 Å². The second-order valence-electron chi connectivity index (χ2n) is 7.56. The van der Waals surface area contributed by atoms with E-state index in [2.05, 4.69) is 10.3 Å². The Morgan fingerprint density at radius 1 is 1.20 bits per heavy atom. The Kier molecular flexibility index (Phi) is 5.36. The summed E-state index contributed by atoms with van der Waals surface area (Å²) in [7, 11) is 0. The van der Waals surface area contributed by atoms with Crippen molar-refractivity contribution in [3.63, 3.8) is 0 Å². The van der Waals surface area contributed by atoms with Crippen molar-refractivity contribution in [3.8, 4) is 5.75 Å². The van der Waals surface area contributed by atoms with Gasteiger partial charge in [-0.2, -0.15) is 13.2 Å². The molecule has 0 aliphatic carbocycles. The number of benzene rings is 1. The number of esters is 1. The minimum atomic E-state index is -4.40. The second-order valence-corrected chi connectivity index (χ2v) is 7.56. The molecule has 0 bridgehead atoms. The van der Waals surface area contributed by atoms with Gasteiger partial charge in [-0.05, 0) is 37.0 Å². The molecule has 1 aromatic heterocycles. The van der Waals surface area contributed by atoms with E-state index >= 15 is 0 Å². The van der Waals surface area contributed by atoms with E-state index in [0.717, 1.165) is 17.7 Å². The van der Waals surface area contributed by atoms with Crippen molar-refractivity contribution in [3.05, 3.63) is 47.7 Å². The smallest absolute Gasteiger partial charge is 0.416 e. The highest BCUT2D eigenvalue weighted by Gasteiger charge is 2.32. The van der Waals surface area contributed by atoms with E-state index < -0.39 is 11.7 Å². The highest BCUT2D eigenvalue weighted by atomic mass is 19.4. The minimum Gasteiger partial charge on any atom is -0.426 e. The van der Waals surface area contributed by atoms with Crippen LogP contribution in [0.15, 0.2) is 36.5 Å². The summed E-state index contributed by atoms with van der Waals surface area (Å²) in [5.41, 5.74) is 0.654. The molecule has 0 radical (unpaired) electrons. The molecule has 2 aromatic rings. The first kappa shape index (κ1) is 20.2. The van der Waals surface area contributed by atoms with E-state index in [1.807, 2.05) is 4.90 Å². The van der Waals surface area contributed by atoms with Gasteiger partial charge in [-0.3, -0.25) is 9.59 Å². The fraction of sp³-hybridized carbons (Fsp3) is 0.381. The minimum absolute atomic E-state index is 0.138. The lowest BCUT2D eigenvalue weighted by Gasteiger charge is -2.32. The number of nitrogens with one attached hydrogen (secondary N) is 1. The summed E-state index contributed by atoms with van der Waals surface area (Å²) in [6.07, 6.45) is -1.29. The van der Waals surface area contributed by atoms with Crippen molar-refractivity contribution in [1.29, 1.82) is 0 Å². The molecule has 2 aliphatic rings. The summed E-state index contributed by atoms with van der Waals surface area (Å²) in [4.78, 5) is 29.6. The third-order valence-corrected chi connectivity index (χ3v) is 5.39. The number of aromatic nitrogens is 1. The van der Waals surface area contributed by atoms with Crippen LogP contribution in [0.25, 0.3) is 0 Å². The Hall–Kier alpha value is -3.10. The quantitative estimate of drug-likeness (QED) is 0.603. The summed E-state index contributed by atoms with van der Waals surface area (Å²) >= 11 is 0.